The Labute approximate surface area is 163 Å². The van der Waals surface area contributed by atoms with Crippen LogP contribution in [0.15, 0.2) is 30.3 Å². The molecule has 6 heteroatoms. The third-order valence-corrected chi connectivity index (χ3v) is 6.14. The third kappa shape index (κ3) is 4.39. The van der Waals surface area contributed by atoms with Gasteiger partial charge in [0, 0.05) is 11.0 Å². The number of thiophene rings is 1. The topological polar surface area (TPSA) is 81.4 Å². The van der Waals surface area contributed by atoms with Crippen LogP contribution in [0.5, 0.6) is 5.75 Å². The monoisotopic (exact) mass is 384 g/mol. The fourth-order valence-electron chi connectivity index (χ4n) is 3.39. The molecule has 5 nitrogen and oxygen atoms in total. The predicted octanol–water partition coefficient (Wildman–Crippen LogP) is 4.02. The van der Waals surface area contributed by atoms with Crippen molar-refractivity contribution in [1.29, 1.82) is 0 Å². The van der Waals surface area contributed by atoms with Gasteiger partial charge in [0.1, 0.15) is 10.8 Å². The first-order chi connectivity index (χ1) is 13.0. The molecule has 0 aliphatic heterocycles. The summed E-state index contributed by atoms with van der Waals surface area (Å²) in [6, 6.07) is 7.40. The van der Waals surface area contributed by atoms with E-state index < -0.39 is 5.91 Å². The highest BCUT2D eigenvalue weighted by molar-refractivity contribution is 7.17. The minimum atomic E-state index is -0.475. The molecule has 0 radical (unpaired) electrons. The van der Waals surface area contributed by atoms with Crippen LogP contribution in [0.25, 0.3) is 6.08 Å². The number of carbonyl (C=O) groups is 2. The van der Waals surface area contributed by atoms with Crippen molar-refractivity contribution in [1.82, 2.24) is 0 Å². The summed E-state index contributed by atoms with van der Waals surface area (Å²) in [6.45, 7) is 2.19. The Balaban J connectivity index is 1.76. The molecule has 3 rings (SSSR count). The van der Waals surface area contributed by atoms with Crippen LogP contribution < -0.4 is 15.8 Å². The lowest BCUT2D eigenvalue weighted by atomic mass is 9.85. The number of methoxy groups -OCH3 is 1. The van der Waals surface area contributed by atoms with Gasteiger partial charge in [-0.25, -0.2) is 0 Å². The lowest BCUT2D eigenvalue weighted by molar-refractivity contribution is -0.111. The highest BCUT2D eigenvalue weighted by Crippen LogP contribution is 2.40. The molecule has 2 aromatic rings. The second-order valence-electron chi connectivity index (χ2n) is 6.68. The van der Waals surface area contributed by atoms with E-state index in [1.54, 1.807) is 13.2 Å². The summed E-state index contributed by atoms with van der Waals surface area (Å²) < 4.78 is 5.12. The highest BCUT2D eigenvalue weighted by Gasteiger charge is 2.27. The van der Waals surface area contributed by atoms with Gasteiger partial charge in [0.2, 0.25) is 5.91 Å². The van der Waals surface area contributed by atoms with Crippen molar-refractivity contribution < 1.29 is 14.3 Å². The average molecular weight is 385 g/mol. The largest absolute Gasteiger partial charge is 0.497 e. The zero-order valence-electron chi connectivity index (χ0n) is 15.6. The molecule has 3 N–H and O–H groups in total. The quantitative estimate of drug-likeness (QED) is 0.738. The Hall–Kier alpha value is -2.60. The molecule has 0 bridgehead atoms. The fourth-order valence-corrected chi connectivity index (χ4v) is 4.76. The molecule has 1 atom stereocenters. The molecule has 1 heterocycles. The second-order valence-corrected chi connectivity index (χ2v) is 7.79. The van der Waals surface area contributed by atoms with Gasteiger partial charge in [-0.1, -0.05) is 25.5 Å². The van der Waals surface area contributed by atoms with Crippen molar-refractivity contribution in [2.24, 2.45) is 11.7 Å². The summed E-state index contributed by atoms with van der Waals surface area (Å²) in [6.07, 6.45) is 7.16. The van der Waals surface area contributed by atoms with E-state index in [0.29, 0.717) is 16.5 Å². The van der Waals surface area contributed by atoms with E-state index in [9.17, 15) is 9.59 Å². The second kappa shape index (κ2) is 8.39. The van der Waals surface area contributed by atoms with Crippen LogP contribution in [0, 0.1) is 5.92 Å². The Morgan fingerprint density at radius 3 is 2.70 bits per heavy atom. The Morgan fingerprint density at radius 2 is 2.07 bits per heavy atom. The summed E-state index contributed by atoms with van der Waals surface area (Å²) in [5, 5.41) is 3.41. The molecule has 0 fully saturated rings. The number of carbonyl (C=O) groups excluding carboxylic acids is 2. The number of fused-ring (bicyclic) bond motifs is 1. The molecule has 1 aliphatic carbocycles. The maximum absolute atomic E-state index is 12.3. The zero-order chi connectivity index (χ0) is 19.4. The fraction of sp³-hybridized carbons (Fsp3) is 0.333. The molecule has 1 aliphatic rings. The summed E-state index contributed by atoms with van der Waals surface area (Å²) in [5.41, 5.74) is 7.99. The van der Waals surface area contributed by atoms with Gasteiger partial charge in [-0.2, -0.15) is 0 Å². The lowest BCUT2D eigenvalue weighted by Crippen LogP contribution is -2.19. The van der Waals surface area contributed by atoms with E-state index in [-0.39, 0.29) is 5.91 Å². The number of anilines is 1. The number of hydrogen-bond acceptors (Lipinski definition) is 4. The number of amides is 2. The maximum Gasteiger partial charge on any atom is 0.251 e. The van der Waals surface area contributed by atoms with Gasteiger partial charge < -0.3 is 15.8 Å². The number of nitrogens with one attached hydrogen (secondary N) is 1. The minimum Gasteiger partial charge on any atom is -0.497 e. The van der Waals surface area contributed by atoms with Gasteiger partial charge in [0.25, 0.3) is 5.91 Å². The lowest BCUT2D eigenvalue weighted by Gasteiger charge is -2.20. The van der Waals surface area contributed by atoms with Crippen molar-refractivity contribution in [2.75, 3.05) is 12.4 Å². The van der Waals surface area contributed by atoms with Crippen LogP contribution in [0.2, 0.25) is 0 Å². The number of hydrogen-bond donors (Lipinski definition) is 2. The normalized spacial score (nSPS) is 16.1. The SMILES string of the molecule is CCC1CCc2c(sc(NC(=O)C=Cc3ccc(OC)cc3)c2C(N)=O)C1. The van der Waals surface area contributed by atoms with Crippen LogP contribution in [0.3, 0.4) is 0 Å². The minimum absolute atomic E-state index is 0.279. The molecule has 1 unspecified atom stereocenters. The van der Waals surface area contributed by atoms with Gasteiger partial charge in [-0.15, -0.1) is 11.3 Å². The summed E-state index contributed by atoms with van der Waals surface area (Å²) >= 11 is 1.48. The van der Waals surface area contributed by atoms with E-state index in [4.69, 9.17) is 10.5 Å². The van der Waals surface area contributed by atoms with Crippen molar-refractivity contribution in [3.05, 3.63) is 51.9 Å². The molecule has 2 amide bonds. The van der Waals surface area contributed by atoms with E-state index in [1.165, 1.54) is 22.3 Å². The Bertz CT molecular complexity index is 868. The summed E-state index contributed by atoms with van der Waals surface area (Å²) in [7, 11) is 1.61. The average Bonchev–Trinajstić information content (AvgIpc) is 3.03. The van der Waals surface area contributed by atoms with E-state index in [0.717, 1.165) is 42.6 Å². The highest BCUT2D eigenvalue weighted by atomic mass is 32.1. The van der Waals surface area contributed by atoms with Crippen molar-refractivity contribution in [3.63, 3.8) is 0 Å². The third-order valence-electron chi connectivity index (χ3n) is 4.97. The molecule has 0 saturated carbocycles. The van der Waals surface area contributed by atoms with Crippen LogP contribution in [0.1, 0.15) is 46.1 Å². The van der Waals surface area contributed by atoms with Crippen molar-refractivity contribution in [3.8, 4) is 5.75 Å². The summed E-state index contributed by atoms with van der Waals surface area (Å²) in [4.78, 5) is 25.5. The number of ether oxygens (including phenoxy) is 1. The standard InChI is InChI=1S/C21H24N2O3S/c1-3-13-6-10-16-17(12-13)27-21(19(16)20(22)25)23-18(24)11-7-14-4-8-15(26-2)9-5-14/h4-5,7-9,11,13H,3,6,10,12H2,1-2H3,(H2,22,25)(H,23,24). The van der Waals surface area contributed by atoms with Crippen molar-refractivity contribution >= 4 is 34.2 Å². The number of nitrogens with two attached hydrogens (primary N) is 1. The molecular formula is C21H24N2O3S. The molecule has 27 heavy (non-hydrogen) atoms. The zero-order valence-corrected chi connectivity index (χ0v) is 16.4. The van der Waals surface area contributed by atoms with E-state index >= 15 is 0 Å². The molecule has 0 saturated heterocycles. The first-order valence-corrected chi connectivity index (χ1v) is 9.91. The smallest absolute Gasteiger partial charge is 0.251 e. The Morgan fingerprint density at radius 1 is 1.33 bits per heavy atom. The van der Waals surface area contributed by atoms with Gasteiger partial charge >= 0.3 is 0 Å². The van der Waals surface area contributed by atoms with Crippen LogP contribution in [-0.4, -0.2) is 18.9 Å². The molecule has 142 valence electrons. The van der Waals surface area contributed by atoms with Crippen molar-refractivity contribution in [2.45, 2.75) is 32.6 Å². The van der Waals surface area contributed by atoms with E-state index in [1.807, 2.05) is 24.3 Å². The van der Waals surface area contributed by atoms with Crippen LogP contribution in [-0.2, 0) is 17.6 Å². The maximum atomic E-state index is 12.3. The molecular weight excluding hydrogens is 360 g/mol. The van der Waals surface area contributed by atoms with Gasteiger partial charge in [0.05, 0.1) is 12.7 Å². The van der Waals surface area contributed by atoms with Gasteiger partial charge in [0.15, 0.2) is 0 Å². The first kappa shape index (κ1) is 19.2. The number of primary amides is 1. The Kier molecular flexibility index (Phi) is 5.96. The summed E-state index contributed by atoms with van der Waals surface area (Å²) in [5.74, 6) is 0.642. The van der Waals surface area contributed by atoms with Gasteiger partial charge in [-0.3, -0.25) is 9.59 Å². The van der Waals surface area contributed by atoms with Crippen LogP contribution >= 0.6 is 11.3 Å². The van der Waals surface area contributed by atoms with Crippen LogP contribution in [0.4, 0.5) is 5.00 Å². The molecule has 0 spiro atoms. The van der Waals surface area contributed by atoms with Gasteiger partial charge in [-0.05, 0) is 54.5 Å². The molecule has 1 aromatic carbocycles. The first-order valence-electron chi connectivity index (χ1n) is 9.09. The number of benzene rings is 1. The molecule has 1 aromatic heterocycles. The number of rotatable bonds is 6. The van der Waals surface area contributed by atoms with E-state index in [2.05, 4.69) is 12.2 Å². The predicted molar refractivity (Wildman–Crippen MR) is 109 cm³/mol.